The van der Waals surface area contributed by atoms with E-state index in [2.05, 4.69) is 9.88 Å². The summed E-state index contributed by atoms with van der Waals surface area (Å²) in [6.07, 6.45) is 3.43. The largest absolute Gasteiger partial charge is 0.497 e. The van der Waals surface area contributed by atoms with Crippen LogP contribution < -0.4 is 9.64 Å². The van der Waals surface area contributed by atoms with Crippen LogP contribution >= 0.6 is 0 Å². The normalized spacial score (nSPS) is 15.9. The molecule has 0 atom stereocenters. The molecule has 4 rings (SSSR count). The maximum atomic E-state index is 13.4. The molecule has 0 amide bonds. The minimum absolute atomic E-state index is 0.126. The van der Waals surface area contributed by atoms with Gasteiger partial charge in [-0.1, -0.05) is 6.07 Å². The van der Waals surface area contributed by atoms with Gasteiger partial charge < -0.3 is 14.2 Å². The number of pyridine rings is 1. The average molecular weight is 415 g/mol. The molecule has 2 aromatic heterocycles. The fraction of sp³-hybridized carbons (Fsp3) is 0.381. The van der Waals surface area contributed by atoms with Crippen LogP contribution in [0.25, 0.3) is 11.0 Å². The van der Waals surface area contributed by atoms with Crippen molar-refractivity contribution < 1.29 is 13.2 Å². The number of fused-ring (bicyclic) bond motifs is 1. The first-order chi connectivity index (χ1) is 13.9. The van der Waals surface area contributed by atoms with Crippen molar-refractivity contribution in [3.8, 4) is 5.75 Å². The summed E-state index contributed by atoms with van der Waals surface area (Å²) >= 11 is 0. The van der Waals surface area contributed by atoms with Gasteiger partial charge in [0, 0.05) is 61.8 Å². The molecular formula is C21H26N4O3S. The van der Waals surface area contributed by atoms with Crippen molar-refractivity contribution >= 4 is 26.7 Å². The molecule has 0 aliphatic carbocycles. The summed E-state index contributed by atoms with van der Waals surface area (Å²) < 4.78 is 35.7. The van der Waals surface area contributed by atoms with Crippen molar-refractivity contribution in [3.63, 3.8) is 0 Å². The third-order valence-electron chi connectivity index (χ3n) is 5.38. The van der Waals surface area contributed by atoms with Gasteiger partial charge in [0.25, 0.3) is 0 Å². The third kappa shape index (κ3) is 3.58. The second-order valence-electron chi connectivity index (χ2n) is 7.46. The summed E-state index contributed by atoms with van der Waals surface area (Å²) in [7, 11) is -1.95. The highest BCUT2D eigenvalue weighted by Gasteiger charge is 2.31. The van der Waals surface area contributed by atoms with E-state index in [1.54, 1.807) is 29.9 Å². The lowest BCUT2D eigenvalue weighted by Gasteiger charge is -2.35. The summed E-state index contributed by atoms with van der Waals surface area (Å²) in [6.45, 7) is 6.19. The molecule has 1 saturated heterocycles. The van der Waals surface area contributed by atoms with Crippen molar-refractivity contribution in [3.05, 3.63) is 48.8 Å². The molecule has 1 fully saturated rings. The zero-order chi connectivity index (χ0) is 20.6. The van der Waals surface area contributed by atoms with Crippen LogP contribution in [0, 0.1) is 0 Å². The summed E-state index contributed by atoms with van der Waals surface area (Å²) in [5, 5.41) is 0.677. The second kappa shape index (κ2) is 7.68. The second-order valence-corrected chi connectivity index (χ2v) is 9.37. The zero-order valence-corrected chi connectivity index (χ0v) is 17.8. The van der Waals surface area contributed by atoms with E-state index in [9.17, 15) is 8.42 Å². The number of sulfonamides is 1. The number of anilines is 1. The molecule has 3 aromatic rings. The van der Waals surface area contributed by atoms with Crippen LogP contribution in [-0.2, 0) is 10.0 Å². The van der Waals surface area contributed by atoms with E-state index in [0.717, 1.165) is 11.4 Å². The van der Waals surface area contributed by atoms with E-state index in [1.807, 2.05) is 48.7 Å². The van der Waals surface area contributed by atoms with Crippen LogP contribution in [0.2, 0.25) is 0 Å². The number of methoxy groups -OCH3 is 1. The van der Waals surface area contributed by atoms with Gasteiger partial charge in [-0.3, -0.25) is 0 Å². The Labute approximate surface area is 171 Å². The molecule has 1 aromatic carbocycles. The van der Waals surface area contributed by atoms with Gasteiger partial charge in [-0.25, -0.2) is 13.4 Å². The highest BCUT2D eigenvalue weighted by Crippen LogP contribution is 2.30. The molecule has 0 radical (unpaired) electrons. The predicted molar refractivity (Wildman–Crippen MR) is 114 cm³/mol. The molecule has 3 heterocycles. The Morgan fingerprint density at radius 3 is 2.52 bits per heavy atom. The molecule has 0 bridgehead atoms. The number of nitrogens with zero attached hydrogens (tertiary/aromatic N) is 4. The fourth-order valence-corrected chi connectivity index (χ4v) is 5.39. The highest BCUT2D eigenvalue weighted by molar-refractivity contribution is 7.89. The van der Waals surface area contributed by atoms with Crippen LogP contribution in [0.3, 0.4) is 0 Å². The Morgan fingerprint density at radius 1 is 1.07 bits per heavy atom. The first-order valence-corrected chi connectivity index (χ1v) is 11.2. The number of benzene rings is 1. The Morgan fingerprint density at radius 2 is 1.83 bits per heavy atom. The van der Waals surface area contributed by atoms with Gasteiger partial charge in [0.05, 0.1) is 7.11 Å². The van der Waals surface area contributed by atoms with Crippen molar-refractivity contribution in [1.82, 2.24) is 13.9 Å². The molecular weight excluding hydrogens is 388 g/mol. The van der Waals surface area contributed by atoms with Gasteiger partial charge in [0.15, 0.2) is 0 Å². The Bertz CT molecular complexity index is 1120. The van der Waals surface area contributed by atoms with Crippen LogP contribution in [0.4, 0.5) is 5.69 Å². The smallest absolute Gasteiger partial charge is 0.245 e. The third-order valence-corrected chi connectivity index (χ3v) is 7.31. The number of rotatable bonds is 5. The number of aromatic nitrogens is 2. The monoisotopic (exact) mass is 414 g/mol. The van der Waals surface area contributed by atoms with Gasteiger partial charge in [0.2, 0.25) is 10.0 Å². The lowest BCUT2D eigenvalue weighted by atomic mass is 10.2. The number of piperazine rings is 1. The van der Waals surface area contributed by atoms with Crippen molar-refractivity contribution in [2.75, 3.05) is 38.2 Å². The van der Waals surface area contributed by atoms with Crippen LogP contribution in [0.15, 0.2) is 53.7 Å². The van der Waals surface area contributed by atoms with Crippen LogP contribution in [0.5, 0.6) is 5.75 Å². The number of hydrogen-bond donors (Lipinski definition) is 0. The first kappa shape index (κ1) is 19.7. The molecule has 8 heteroatoms. The minimum atomic E-state index is -3.60. The Kier molecular flexibility index (Phi) is 5.23. The summed E-state index contributed by atoms with van der Waals surface area (Å²) in [5.41, 5.74) is 1.75. The molecule has 1 aliphatic rings. The van der Waals surface area contributed by atoms with E-state index in [0.29, 0.717) is 42.1 Å². The van der Waals surface area contributed by atoms with Crippen molar-refractivity contribution in [1.29, 1.82) is 0 Å². The molecule has 0 spiro atoms. The Balaban J connectivity index is 1.59. The van der Waals surface area contributed by atoms with E-state index < -0.39 is 10.0 Å². The molecule has 0 saturated carbocycles. The summed E-state index contributed by atoms with van der Waals surface area (Å²) in [5.74, 6) is 0.798. The van der Waals surface area contributed by atoms with Gasteiger partial charge >= 0.3 is 0 Å². The maximum Gasteiger partial charge on any atom is 0.245 e. The summed E-state index contributed by atoms with van der Waals surface area (Å²) in [4.78, 5) is 6.93. The number of ether oxygens (including phenoxy) is 1. The van der Waals surface area contributed by atoms with Gasteiger partial charge in [-0.05, 0) is 38.1 Å². The maximum absolute atomic E-state index is 13.4. The quantitative estimate of drug-likeness (QED) is 0.642. The van der Waals surface area contributed by atoms with E-state index in [-0.39, 0.29) is 6.04 Å². The van der Waals surface area contributed by atoms with Crippen molar-refractivity contribution in [2.45, 2.75) is 24.8 Å². The van der Waals surface area contributed by atoms with E-state index >= 15 is 0 Å². The molecule has 7 nitrogen and oxygen atoms in total. The standard InChI is InChI=1S/C21H26N4O3S/c1-16(2)25-15-20(19-8-5-9-22-21(19)25)29(26,27)24-12-10-23(11-13-24)17-6-4-7-18(14-17)28-3/h4-9,14-16H,10-13H2,1-3H3. The van der Waals surface area contributed by atoms with Gasteiger partial charge in [0.1, 0.15) is 16.3 Å². The first-order valence-electron chi connectivity index (χ1n) is 9.76. The van der Waals surface area contributed by atoms with E-state index in [4.69, 9.17) is 4.74 Å². The molecule has 0 unspecified atom stereocenters. The van der Waals surface area contributed by atoms with Crippen molar-refractivity contribution in [2.24, 2.45) is 0 Å². The summed E-state index contributed by atoms with van der Waals surface area (Å²) in [6, 6.07) is 11.6. The lowest BCUT2D eigenvalue weighted by molar-refractivity contribution is 0.384. The van der Waals surface area contributed by atoms with Crippen LogP contribution in [-0.4, -0.2) is 55.6 Å². The molecule has 29 heavy (non-hydrogen) atoms. The van der Waals surface area contributed by atoms with Crippen LogP contribution in [0.1, 0.15) is 19.9 Å². The number of hydrogen-bond acceptors (Lipinski definition) is 5. The molecule has 0 N–H and O–H groups in total. The molecule has 1 aliphatic heterocycles. The van der Waals surface area contributed by atoms with E-state index in [1.165, 1.54) is 0 Å². The fourth-order valence-electron chi connectivity index (χ4n) is 3.78. The lowest BCUT2D eigenvalue weighted by Crippen LogP contribution is -2.48. The highest BCUT2D eigenvalue weighted by atomic mass is 32.2. The average Bonchev–Trinajstić information content (AvgIpc) is 3.15. The Hall–Kier alpha value is -2.58. The molecule has 154 valence electrons. The predicted octanol–water partition coefficient (Wildman–Crippen LogP) is 3.14. The topological polar surface area (TPSA) is 67.7 Å². The minimum Gasteiger partial charge on any atom is -0.497 e. The zero-order valence-electron chi connectivity index (χ0n) is 16.9. The SMILES string of the molecule is COc1cccc(N2CCN(S(=O)(=O)c3cn(C(C)C)c4ncccc34)CC2)c1. The van der Waals surface area contributed by atoms with Gasteiger partial charge in [-0.15, -0.1) is 0 Å². The van der Waals surface area contributed by atoms with Gasteiger partial charge in [-0.2, -0.15) is 4.31 Å².